The summed E-state index contributed by atoms with van der Waals surface area (Å²) < 4.78 is 0. The number of carbonyl (C=O) groups is 3. The Morgan fingerprint density at radius 1 is 1.29 bits per heavy atom. The molecule has 21 heavy (non-hydrogen) atoms. The smallest absolute Gasteiger partial charge is 0.237 e. The van der Waals surface area contributed by atoms with Crippen molar-refractivity contribution >= 4 is 23.3 Å². The molecule has 4 nitrogen and oxygen atoms in total. The third-order valence-electron chi connectivity index (χ3n) is 3.94. The first-order valence-corrected chi connectivity index (χ1v) is 7.25. The third-order valence-corrected chi connectivity index (χ3v) is 3.94. The monoisotopic (exact) mass is 287 g/mol. The van der Waals surface area contributed by atoms with E-state index in [0.29, 0.717) is 17.7 Å². The summed E-state index contributed by atoms with van der Waals surface area (Å²) in [7, 11) is 0. The number of imide groups is 1. The van der Waals surface area contributed by atoms with Crippen molar-refractivity contribution in [3.63, 3.8) is 0 Å². The average molecular weight is 287 g/mol. The van der Waals surface area contributed by atoms with Gasteiger partial charge in [-0.2, -0.15) is 0 Å². The van der Waals surface area contributed by atoms with Gasteiger partial charge in [-0.3, -0.25) is 19.3 Å². The minimum atomic E-state index is -0.310. The predicted molar refractivity (Wildman–Crippen MR) is 81.1 cm³/mol. The molecule has 0 spiro atoms. The van der Waals surface area contributed by atoms with Crippen LogP contribution in [-0.4, -0.2) is 17.6 Å². The maximum Gasteiger partial charge on any atom is 0.237 e. The Hall–Kier alpha value is -1.97. The van der Waals surface area contributed by atoms with Gasteiger partial charge in [0.15, 0.2) is 5.78 Å². The molecule has 1 aromatic carbocycles. The molecule has 0 saturated carbocycles. The van der Waals surface area contributed by atoms with Crippen LogP contribution in [0.1, 0.15) is 50.9 Å². The van der Waals surface area contributed by atoms with E-state index in [-0.39, 0.29) is 35.4 Å². The SMILES string of the molecule is CCC(=O)c1cccc(N2C(=O)CC(C(C)(C)C)C2=O)c1. The van der Waals surface area contributed by atoms with Crippen LogP contribution in [0.15, 0.2) is 24.3 Å². The minimum absolute atomic E-state index is 0.00307. The van der Waals surface area contributed by atoms with Gasteiger partial charge in [0.1, 0.15) is 0 Å². The lowest BCUT2D eigenvalue weighted by Gasteiger charge is -2.24. The molecule has 0 bridgehead atoms. The number of benzene rings is 1. The van der Waals surface area contributed by atoms with Crippen molar-refractivity contribution in [2.45, 2.75) is 40.5 Å². The molecule has 1 heterocycles. The summed E-state index contributed by atoms with van der Waals surface area (Å²) >= 11 is 0. The zero-order valence-corrected chi connectivity index (χ0v) is 13.0. The zero-order valence-electron chi connectivity index (χ0n) is 13.0. The minimum Gasteiger partial charge on any atom is -0.294 e. The topological polar surface area (TPSA) is 54.5 Å². The average Bonchev–Trinajstić information content (AvgIpc) is 2.73. The highest BCUT2D eigenvalue weighted by Crippen LogP contribution is 2.37. The van der Waals surface area contributed by atoms with Crippen LogP contribution in [0.3, 0.4) is 0 Å². The quantitative estimate of drug-likeness (QED) is 0.633. The van der Waals surface area contributed by atoms with E-state index in [9.17, 15) is 14.4 Å². The summed E-state index contributed by atoms with van der Waals surface area (Å²) in [4.78, 5) is 37.8. The fourth-order valence-electron chi connectivity index (χ4n) is 2.60. The number of nitrogens with zero attached hydrogens (tertiary/aromatic N) is 1. The third kappa shape index (κ3) is 2.89. The van der Waals surface area contributed by atoms with Crippen LogP contribution in [-0.2, 0) is 9.59 Å². The van der Waals surface area contributed by atoms with Crippen LogP contribution in [0.25, 0.3) is 0 Å². The zero-order chi connectivity index (χ0) is 15.8. The van der Waals surface area contributed by atoms with Crippen molar-refractivity contribution in [3.8, 4) is 0 Å². The number of Topliss-reactive ketones (excluding diaryl/α,β-unsaturated/α-hetero) is 1. The largest absolute Gasteiger partial charge is 0.294 e. The van der Waals surface area contributed by atoms with Crippen LogP contribution in [0.5, 0.6) is 0 Å². The van der Waals surface area contributed by atoms with Gasteiger partial charge >= 0.3 is 0 Å². The second-order valence-electron chi connectivity index (χ2n) is 6.52. The number of hydrogen-bond donors (Lipinski definition) is 0. The van der Waals surface area contributed by atoms with Gasteiger partial charge in [0.25, 0.3) is 0 Å². The van der Waals surface area contributed by atoms with Gasteiger partial charge in [-0.05, 0) is 17.5 Å². The van der Waals surface area contributed by atoms with Crippen LogP contribution in [0.4, 0.5) is 5.69 Å². The van der Waals surface area contributed by atoms with E-state index in [1.165, 1.54) is 4.90 Å². The van der Waals surface area contributed by atoms with Crippen molar-refractivity contribution < 1.29 is 14.4 Å². The van der Waals surface area contributed by atoms with Gasteiger partial charge in [0.2, 0.25) is 11.8 Å². The molecule has 1 atom stereocenters. The lowest BCUT2D eigenvalue weighted by atomic mass is 9.80. The molecule has 0 radical (unpaired) electrons. The summed E-state index contributed by atoms with van der Waals surface area (Å²) in [5.41, 5.74) is 0.782. The highest BCUT2D eigenvalue weighted by atomic mass is 16.2. The molecule has 1 saturated heterocycles. The molecule has 0 aromatic heterocycles. The van der Waals surface area contributed by atoms with Crippen molar-refractivity contribution in [1.29, 1.82) is 0 Å². The van der Waals surface area contributed by atoms with Crippen LogP contribution in [0, 0.1) is 11.3 Å². The highest BCUT2D eigenvalue weighted by molar-refractivity contribution is 6.21. The van der Waals surface area contributed by atoms with Crippen molar-refractivity contribution in [3.05, 3.63) is 29.8 Å². The van der Waals surface area contributed by atoms with E-state index in [1.54, 1.807) is 31.2 Å². The molecule has 2 amide bonds. The Morgan fingerprint density at radius 3 is 2.48 bits per heavy atom. The molecule has 2 rings (SSSR count). The molecule has 112 valence electrons. The van der Waals surface area contributed by atoms with E-state index in [2.05, 4.69) is 0 Å². The van der Waals surface area contributed by atoms with E-state index < -0.39 is 0 Å². The summed E-state index contributed by atoms with van der Waals surface area (Å²) in [6.45, 7) is 7.67. The van der Waals surface area contributed by atoms with Gasteiger partial charge in [0, 0.05) is 18.4 Å². The fraction of sp³-hybridized carbons (Fsp3) is 0.471. The normalized spacial score (nSPS) is 19.2. The Bertz CT molecular complexity index is 598. The fourth-order valence-corrected chi connectivity index (χ4v) is 2.60. The molecule has 0 N–H and O–H groups in total. The molecule has 1 aromatic rings. The van der Waals surface area contributed by atoms with Gasteiger partial charge in [-0.1, -0.05) is 39.8 Å². The van der Waals surface area contributed by atoms with Crippen LogP contribution in [0.2, 0.25) is 0 Å². The second kappa shape index (κ2) is 5.43. The van der Waals surface area contributed by atoms with Crippen molar-refractivity contribution in [2.75, 3.05) is 4.90 Å². The van der Waals surface area contributed by atoms with Crippen molar-refractivity contribution in [2.24, 2.45) is 11.3 Å². The second-order valence-corrected chi connectivity index (χ2v) is 6.52. The number of rotatable bonds is 3. The molecule has 1 aliphatic heterocycles. The molecule has 1 unspecified atom stereocenters. The lowest BCUT2D eigenvalue weighted by molar-refractivity contribution is -0.123. The lowest BCUT2D eigenvalue weighted by Crippen LogP contribution is -2.34. The number of carbonyl (C=O) groups excluding carboxylic acids is 3. The number of anilines is 1. The van der Waals surface area contributed by atoms with Gasteiger partial charge < -0.3 is 0 Å². The van der Waals surface area contributed by atoms with Crippen LogP contribution < -0.4 is 4.90 Å². The molecule has 0 aliphatic carbocycles. The Balaban J connectivity index is 2.36. The van der Waals surface area contributed by atoms with E-state index in [4.69, 9.17) is 0 Å². The van der Waals surface area contributed by atoms with Crippen molar-refractivity contribution in [1.82, 2.24) is 0 Å². The maximum absolute atomic E-state index is 12.5. The molecular weight excluding hydrogens is 266 g/mol. The van der Waals surface area contributed by atoms with Crippen LogP contribution >= 0.6 is 0 Å². The van der Waals surface area contributed by atoms with E-state index in [1.807, 2.05) is 20.8 Å². The van der Waals surface area contributed by atoms with E-state index in [0.717, 1.165) is 0 Å². The molecule has 4 heteroatoms. The highest BCUT2D eigenvalue weighted by Gasteiger charge is 2.45. The van der Waals surface area contributed by atoms with Gasteiger partial charge in [0.05, 0.1) is 11.6 Å². The molecular formula is C17H21NO3. The standard InChI is InChI=1S/C17H21NO3/c1-5-14(19)11-7-6-8-12(9-11)18-15(20)10-13(16(18)21)17(2,3)4/h6-9,13H,5,10H2,1-4H3. The Morgan fingerprint density at radius 2 is 1.95 bits per heavy atom. The first kappa shape index (κ1) is 15.4. The summed E-state index contributed by atoms with van der Waals surface area (Å²) in [5, 5.41) is 0. The van der Waals surface area contributed by atoms with Gasteiger partial charge in [-0.25, -0.2) is 0 Å². The number of hydrogen-bond acceptors (Lipinski definition) is 3. The number of ketones is 1. The first-order valence-electron chi connectivity index (χ1n) is 7.25. The predicted octanol–water partition coefficient (Wildman–Crippen LogP) is 3.20. The maximum atomic E-state index is 12.5. The summed E-state index contributed by atoms with van der Waals surface area (Å²) in [6, 6.07) is 6.75. The first-order chi connectivity index (χ1) is 9.75. The van der Waals surface area contributed by atoms with E-state index >= 15 is 0 Å². The molecule has 1 fully saturated rings. The van der Waals surface area contributed by atoms with Gasteiger partial charge in [-0.15, -0.1) is 0 Å². The number of amides is 2. The Labute approximate surface area is 125 Å². The summed E-state index contributed by atoms with van der Waals surface area (Å²) in [6.07, 6.45) is 0.629. The Kier molecular flexibility index (Phi) is 3.99. The molecule has 1 aliphatic rings. The summed E-state index contributed by atoms with van der Waals surface area (Å²) in [5.74, 6) is -0.673.